The first kappa shape index (κ1) is 13.7. The Morgan fingerprint density at radius 2 is 1.60 bits per heavy atom. The summed E-state index contributed by atoms with van der Waals surface area (Å²) in [4.78, 5) is -0.305. The number of fused-ring (bicyclic) bond motifs is 1. The second-order valence-electron chi connectivity index (χ2n) is 6.10. The molecule has 0 spiro atoms. The molecule has 0 saturated carbocycles. The van der Waals surface area contributed by atoms with Gasteiger partial charge in [0.05, 0.1) is 4.87 Å². The summed E-state index contributed by atoms with van der Waals surface area (Å²) in [6.07, 6.45) is 5.49. The summed E-state index contributed by atoms with van der Waals surface area (Å²) in [5.74, 6) is 0.423. The van der Waals surface area contributed by atoms with Crippen LogP contribution < -0.4 is 0 Å². The van der Waals surface area contributed by atoms with E-state index >= 15 is 0 Å². The molecule has 3 rings (SSSR count). The van der Waals surface area contributed by atoms with E-state index in [-0.39, 0.29) is 4.87 Å². The van der Waals surface area contributed by atoms with Crippen LogP contribution in [-0.2, 0) is 0 Å². The molecule has 0 aliphatic heterocycles. The molecule has 0 bridgehead atoms. The zero-order chi connectivity index (χ0) is 14.5. The third-order valence-electron chi connectivity index (χ3n) is 5.28. The van der Waals surface area contributed by atoms with E-state index in [2.05, 4.69) is 64.1 Å². The Hall–Kier alpha value is -1.27. The van der Waals surface area contributed by atoms with Crippen molar-refractivity contribution in [3.63, 3.8) is 0 Å². The van der Waals surface area contributed by atoms with Crippen LogP contribution in [0.25, 0.3) is 6.08 Å². The second kappa shape index (κ2) is 4.63. The van der Waals surface area contributed by atoms with Gasteiger partial charge in [-0.1, -0.05) is 36.4 Å². The molecule has 104 valence electrons. The third-order valence-corrected chi connectivity index (χ3v) is 6.00. The number of hydrogen-bond donors (Lipinski definition) is 0. The maximum absolute atomic E-state index is 7.06. The molecule has 0 fully saturated rings. The van der Waals surface area contributed by atoms with Crippen molar-refractivity contribution >= 4 is 17.7 Å². The van der Waals surface area contributed by atoms with Gasteiger partial charge >= 0.3 is 0 Å². The molecule has 0 N–H and O–H groups in total. The zero-order valence-electron chi connectivity index (χ0n) is 12.6. The molecule has 0 saturated heterocycles. The molecule has 0 heterocycles. The highest BCUT2D eigenvalue weighted by Gasteiger charge is 2.41. The minimum Gasteiger partial charge on any atom is -0.110 e. The Morgan fingerprint density at radius 1 is 1.00 bits per heavy atom. The van der Waals surface area contributed by atoms with E-state index in [0.717, 1.165) is 6.42 Å². The molecule has 1 heteroatoms. The lowest BCUT2D eigenvalue weighted by Gasteiger charge is -2.29. The van der Waals surface area contributed by atoms with Gasteiger partial charge in [0, 0.05) is 5.92 Å². The van der Waals surface area contributed by atoms with Crippen LogP contribution in [0, 0.1) is 0 Å². The molecule has 0 radical (unpaired) electrons. The Bertz CT molecular complexity index is 634. The molecule has 0 amide bonds. The smallest absolute Gasteiger partial charge is 0.0879 e. The summed E-state index contributed by atoms with van der Waals surface area (Å²) in [6, 6.07) is 8.63. The van der Waals surface area contributed by atoms with Crippen LogP contribution in [0.15, 0.2) is 52.6 Å². The molecule has 0 aromatic heterocycles. The lowest BCUT2D eigenvalue weighted by Crippen LogP contribution is -2.25. The maximum Gasteiger partial charge on any atom is 0.0879 e. The van der Waals surface area contributed by atoms with Crippen molar-refractivity contribution < 1.29 is 0 Å². The van der Waals surface area contributed by atoms with Gasteiger partial charge in [0.15, 0.2) is 0 Å². The van der Waals surface area contributed by atoms with Gasteiger partial charge < -0.3 is 0 Å². The number of allylic oxidation sites excluding steroid dienone is 5. The molecule has 20 heavy (non-hydrogen) atoms. The molecule has 1 aromatic rings. The highest BCUT2D eigenvalue weighted by atomic mass is 35.5. The van der Waals surface area contributed by atoms with Crippen LogP contribution in [0.1, 0.15) is 51.2 Å². The van der Waals surface area contributed by atoms with Crippen molar-refractivity contribution in [2.75, 3.05) is 0 Å². The minimum atomic E-state index is -0.305. The lowest BCUT2D eigenvalue weighted by atomic mass is 9.83. The van der Waals surface area contributed by atoms with Gasteiger partial charge in [0.2, 0.25) is 0 Å². The molecule has 1 unspecified atom stereocenters. The number of hydrogen-bond acceptors (Lipinski definition) is 0. The van der Waals surface area contributed by atoms with Gasteiger partial charge in [-0.15, -0.1) is 11.6 Å². The van der Waals surface area contributed by atoms with Crippen LogP contribution >= 0.6 is 11.6 Å². The summed E-state index contributed by atoms with van der Waals surface area (Å²) >= 11 is 7.06. The van der Waals surface area contributed by atoms with E-state index in [1.165, 1.54) is 33.4 Å². The van der Waals surface area contributed by atoms with Gasteiger partial charge in [-0.2, -0.15) is 0 Å². The standard InChI is InChI=1S/C19H21Cl/c1-12-13(2)15(4)19(20,14(12)3)11-17-10-9-16-7-5-6-8-18(16)17/h5-10,17H,11H2,1-4H3. The van der Waals surface area contributed by atoms with Gasteiger partial charge in [-0.3, -0.25) is 0 Å². The van der Waals surface area contributed by atoms with Crippen LogP contribution in [0.4, 0.5) is 0 Å². The van der Waals surface area contributed by atoms with Gasteiger partial charge in [-0.05, 0) is 67.5 Å². The van der Waals surface area contributed by atoms with Crippen LogP contribution in [0.2, 0.25) is 0 Å². The fourth-order valence-corrected chi connectivity index (χ4v) is 4.00. The first-order chi connectivity index (χ1) is 9.45. The molecular formula is C19H21Cl. The Balaban J connectivity index is 1.96. The van der Waals surface area contributed by atoms with E-state index in [9.17, 15) is 0 Å². The summed E-state index contributed by atoms with van der Waals surface area (Å²) in [7, 11) is 0. The summed E-state index contributed by atoms with van der Waals surface area (Å²) in [5, 5.41) is 0. The van der Waals surface area contributed by atoms with Crippen molar-refractivity contribution in [2.45, 2.75) is 44.9 Å². The monoisotopic (exact) mass is 284 g/mol. The normalized spacial score (nSPS) is 23.8. The predicted molar refractivity (Wildman–Crippen MR) is 88.2 cm³/mol. The average Bonchev–Trinajstić information content (AvgIpc) is 2.92. The molecular weight excluding hydrogens is 264 g/mol. The Labute approximate surface area is 126 Å². The first-order valence-corrected chi connectivity index (χ1v) is 7.65. The number of halogens is 1. The fraction of sp³-hybridized carbons (Fsp3) is 0.368. The maximum atomic E-state index is 7.06. The number of rotatable bonds is 2. The van der Waals surface area contributed by atoms with Gasteiger partial charge in [-0.25, -0.2) is 0 Å². The SMILES string of the molecule is CC1=C(C)C(Cl)(CC2C=Cc3ccccc32)C(C)=C1C. The lowest BCUT2D eigenvalue weighted by molar-refractivity contribution is 0.637. The highest BCUT2D eigenvalue weighted by molar-refractivity contribution is 6.28. The van der Waals surface area contributed by atoms with Gasteiger partial charge in [0.25, 0.3) is 0 Å². The summed E-state index contributed by atoms with van der Waals surface area (Å²) in [5.41, 5.74) is 8.14. The average molecular weight is 285 g/mol. The number of alkyl halides is 1. The molecule has 1 aromatic carbocycles. The minimum absolute atomic E-state index is 0.305. The first-order valence-electron chi connectivity index (χ1n) is 7.27. The summed E-state index contributed by atoms with van der Waals surface area (Å²) < 4.78 is 0. The van der Waals surface area contributed by atoms with E-state index in [4.69, 9.17) is 11.6 Å². The second-order valence-corrected chi connectivity index (χ2v) is 6.75. The van der Waals surface area contributed by atoms with Crippen LogP contribution in [0.5, 0.6) is 0 Å². The third kappa shape index (κ3) is 1.82. The van der Waals surface area contributed by atoms with Crippen molar-refractivity contribution in [3.05, 3.63) is 63.8 Å². The molecule has 2 aliphatic rings. The topological polar surface area (TPSA) is 0 Å². The van der Waals surface area contributed by atoms with Crippen molar-refractivity contribution in [3.8, 4) is 0 Å². The summed E-state index contributed by atoms with van der Waals surface area (Å²) in [6.45, 7) is 8.76. The number of benzene rings is 1. The Morgan fingerprint density at radius 3 is 2.25 bits per heavy atom. The van der Waals surface area contributed by atoms with E-state index < -0.39 is 0 Å². The quantitative estimate of drug-likeness (QED) is 0.598. The Kier molecular flexibility index (Phi) is 3.17. The molecule has 1 atom stereocenters. The highest BCUT2D eigenvalue weighted by Crippen LogP contribution is 2.50. The van der Waals surface area contributed by atoms with E-state index in [1.807, 2.05) is 0 Å². The van der Waals surface area contributed by atoms with Crippen molar-refractivity contribution in [1.82, 2.24) is 0 Å². The van der Waals surface area contributed by atoms with E-state index in [0.29, 0.717) is 5.92 Å². The van der Waals surface area contributed by atoms with Crippen LogP contribution in [0.3, 0.4) is 0 Å². The van der Waals surface area contributed by atoms with Crippen LogP contribution in [-0.4, -0.2) is 4.87 Å². The fourth-order valence-electron chi connectivity index (χ4n) is 3.55. The molecule has 2 aliphatic carbocycles. The van der Waals surface area contributed by atoms with Crippen molar-refractivity contribution in [2.24, 2.45) is 0 Å². The molecule has 0 nitrogen and oxygen atoms in total. The van der Waals surface area contributed by atoms with Crippen molar-refractivity contribution in [1.29, 1.82) is 0 Å². The van der Waals surface area contributed by atoms with Gasteiger partial charge in [0.1, 0.15) is 0 Å². The largest absolute Gasteiger partial charge is 0.110 e. The zero-order valence-corrected chi connectivity index (χ0v) is 13.4. The predicted octanol–water partition coefficient (Wildman–Crippen LogP) is 5.85. The van der Waals surface area contributed by atoms with E-state index in [1.54, 1.807) is 0 Å².